The first-order chi connectivity index (χ1) is 8.25. The Bertz CT molecular complexity index is 690. The summed E-state index contributed by atoms with van der Waals surface area (Å²) in [7, 11) is 0. The predicted molar refractivity (Wildman–Crippen MR) is 71.0 cm³/mol. The van der Waals surface area contributed by atoms with E-state index in [9.17, 15) is 0 Å². The van der Waals surface area contributed by atoms with Crippen molar-refractivity contribution in [3.8, 4) is 5.82 Å². The number of halogens is 1. The summed E-state index contributed by atoms with van der Waals surface area (Å²) < 4.78 is 2.73. The maximum absolute atomic E-state index is 5.62. The molecule has 0 atom stereocenters. The van der Waals surface area contributed by atoms with Gasteiger partial charge in [-0.2, -0.15) is 0 Å². The van der Waals surface area contributed by atoms with E-state index in [4.69, 9.17) is 5.73 Å². The third-order valence-corrected chi connectivity index (χ3v) is 3.25. The van der Waals surface area contributed by atoms with Crippen molar-refractivity contribution < 1.29 is 0 Å². The first-order valence-corrected chi connectivity index (χ1v) is 5.90. The van der Waals surface area contributed by atoms with Gasteiger partial charge < -0.3 is 5.73 Å². The van der Waals surface area contributed by atoms with E-state index in [2.05, 4.69) is 26.0 Å². The van der Waals surface area contributed by atoms with Crippen molar-refractivity contribution in [1.29, 1.82) is 0 Å². The molecule has 0 amide bonds. The van der Waals surface area contributed by atoms with Crippen LogP contribution in [-0.4, -0.2) is 14.8 Å². The Labute approximate surface area is 106 Å². The van der Waals surface area contributed by atoms with Gasteiger partial charge in [0.1, 0.15) is 5.82 Å². The first kappa shape index (κ1) is 10.3. The molecule has 0 spiro atoms. The monoisotopic (exact) mass is 288 g/mol. The lowest BCUT2D eigenvalue weighted by molar-refractivity contribution is 0.861. The number of hydrogen-bond donors (Lipinski definition) is 1. The fourth-order valence-electron chi connectivity index (χ4n) is 1.79. The van der Waals surface area contributed by atoms with Crippen LogP contribution in [0.2, 0.25) is 0 Å². The largest absolute Gasteiger partial charge is 0.382 e. The summed E-state index contributed by atoms with van der Waals surface area (Å²) in [6.45, 7) is 0. The van der Waals surface area contributed by atoms with Crippen LogP contribution in [0.1, 0.15) is 0 Å². The van der Waals surface area contributed by atoms with Gasteiger partial charge in [-0.1, -0.05) is 28.1 Å². The van der Waals surface area contributed by atoms with Crippen LogP contribution in [-0.2, 0) is 0 Å². The van der Waals surface area contributed by atoms with E-state index in [0.29, 0.717) is 5.82 Å². The zero-order chi connectivity index (χ0) is 11.8. The molecule has 2 heterocycles. The lowest BCUT2D eigenvalue weighted by Gasteiger charge is -2.06. The second kappa shape index (κ2) is 3.85. The SMILES string of the molecule is Nc1ccn(-c2nccc3c(Br)cccc23)n1. The second-order valence-electron chi connectivity index (χ2n) is 3.65. The molecule has 0 saturated carbocycles. The lowest BCUT2D eigenvalue weighted by atomic mass is 10.1. The molecule has 3 rings (SSSR count). The molecule has 0 unspecified atom stereocenters. The van der Waals surface area contributed by atoms with E-state index in [1.807, 2.05) is 24.3 Å². The molecule has 0 aliphatic heterocycles. The minimum Gasteiger partial charge on any atom is -0.382 e. The number of benzene rings is 1. The normalized spacial score (nSPS) is 10.9. The number of aromatic nitrogens is 3. The summed E-state index contributed by atoms with van der Waals surface area (Å²) in [6.07, 6.45) is 3.57. The van der Waals surface area contributed by atoms with E-state index in [-0.39, 0.29) is 0 Å². The maximum atomic E-state index is 5.62. The molecule has 3 aromatic rings. The molecule has 17 heavy (non-hydrogen) atoms. The number of nitrogen functional groups attached to an aromatic ring is 1. The molecule has 4 nitrogen and oxygen atoms in total. The average Bonchev–Trinajstić information content (AvgIpc) is 2.76. The Kier molecular flexibility index (Phi) is 2.33. The van der Waals surface area contributed by atoms with Crippen molar-refractivity contribution >= 4 is 32.5 Å². The topological polar surface area (TPSA) is 56.7 Å². The van der Waals surface area contributed by atoms with Gasteiger partial charge in [-0.15, -0.1) is 5.10 Å². The van der Waals surface area contributed by atoms with E-state index in [1.54, 1.807) is 23.1 Å². The highest BCUT2D eigenvalue weighted by molar-refractivity contribution is 9.10. The fraction of sp³-hybridized carbons (Fsp3) is 0. The quantitative estimate of drug-likeness (QED) is 0.749. The molecule has 2 N–H and O–H groups in total. The second-order valence-corrected chi connectivity index (χ2v) is 4.51. The summed E-state index contributed by atoms with van der Waals surface area (Å²) in [5.74, 6) is 1.26. The average molecular weight is 289 g/mol. The molecule has 2 aromatic heterocycles. The summed E-state index contributed by atoms with van der Waals surface area (Å²) in [6, 6.07) is 9.71. The zero-order valence-corrected chi connectivity index (χ0v) is 10.4. The van der Waals surface area contributed by atoms with Crippen molar-refractivity contribution in [2.24, 2.45) is 0 Å². The molecule has 84 valence electrons. The molecule has 0 aliphatic rings. The van der Waals surface area contributed by atoms with Crippen LogP contribution in [0.25, 0.3) is 16.6 Å². The van der Waals surface area contributed by atoms with Gasteiger partial charge in [0.2, 0.25) is 0 Å². The molecule has 5 heteroatoms. The molecular weight excluding hydrogens is 280 g/mol. The Morgan fingerprint density at radius 1 is 1.12 bits per heavy atom. The highest BCUT2D eigenvalue weighted by atomic mass is 79.9. The Morgan fingerprint density at radius 2 is 2.00 bits per heavy atom. The van der Waals surface area contributed by atoms with Gasteiger partial charge in [0.05, 0.1) is 0 Å². The Balaban J connectivity index is 2.34. The van der Waals surface area contributed by atoms with E-state index in [0.717, 1.165) is 21.1 Å². The third-order valence-electron chi connectivity index (χ3n) is 2.56. The van der Waals surface area contributed by atoms with Gasteiger partial charge in [-0.3, -0.25) is 0 Å². The van der Waals surface area contributed by atoms with Crippen LogP contribution < -0.4 is 5.73 Å². The molecule has 0 fully saturated rings. The summed E-state index contributed by atoms with van der Waals surface area (Å²) in [5, 5.41) is 6.31. The maximum Gasteiger partial charge on any atom is 0.161 e. The summed E-state index contributed by atoms with van der Waals surface area (Å²) in [4.78, 5) is 4.36. The fourth-order valence-corrected chi connectivity index (χ4v) is 2.29. The van der Waals surface area contributed by atoms with Gasteiger partial charge in [-0.05, 0) is 12.1 Å². The first-order valence-electron chi connectivity index (χ1n) is 5.10. The van der Waals surface area contributed by atoms with Crippen molar-refractivity contribution in [3.05, 3.63) is 47.2 Å². The molecule has 1 aromatic carbocycles. The van der Waals surface area contributed by atoms with Gasteiger partial charge >= 0.3 is 0 Å². The van der Waals surface area contributed by atoms with Gasteiger partial charge in [-0.25, -0.2) is 9.67 Å². The molecule has 0 bridgehead atoms. The number of rotatable bonds is 1. The van der Waals surface area contributed by atoms with Crippen LogP contribution in [0.4, 0.5) is 5.82 Å². The molecule has 0 aliphatic carbocycles. The minimum absolute atomic E-state index is 0.485. The number of pyridine rings is 1. The number of anilines is 1. The van der Waals surface area contributed by atoms with Crippen LogP contribution in [0, 0.1) is 0 Å². The van der Waals surface area contributed by atoms with Crippen molar-refractivity contribution in [1.82, 2.24) is 14.8 Å². The number of nitrogens with two attached hydrogens (primary N) is 1. The predicted octanol–water partition coefficient (Wildman–Crippen LogP) is 2.77. The Morgan fingerprint density at radius 3 is 2.76 bits per heavy atom. The van der Waals surface area contributed by atoms with Gasteiger partial charge in [0, 0.05) is 33.7 Å². The van der Waals surface area contributed by atoms with Gasteiger partial charge in [0.15, 0.2) is 5.82 Å². The molecular formula is C12H9BrN4. The van der Waals surface area contributed by atoms with E-state index in [1.165, 1.54) is 0 Å². The van der Waals surface area contributed by atoms with Crippen molar-refractivity contribution in [3.63, 3.8) is 0 Å². The Hall–Kier alpha value is -1.88. The number of nitrogens with zero attached hydrogens (tertiary/aromatic N) is 3. The van der Waals surface area contributed by atoms with E-state index < -0.39 is 0 Å². The van der Waals surface area contributed by atoms with Crippen molar-refractivity contribution in [2.75, 3.05) is 5.73 Å². The molecule has 0 radical (unpaired) electrons. The highest BCUT2D eigenvalue weighted by Gasteiger charge is 2.07. The number of fused-ring (bicyclic) bond motifs is 1. The summed E-state index contributed by atoms with van der Waals surface area (Å²) in [5.41, 5.74) is 5.62. The minimum atomic E-state index is 0.485. The van der Waals surface area contributed by atoms with E-state index >= 15 is 0 Å². The van der Waals surface area contributed by atoms with Crippen LogP contribution >= 0.6 is 15.9 Å². The highest BCUT2D eigenvalue weighted by Crippen LogP contribution is 2.26. The smallest absolute Gasteiger partial charge is 0.161 e. The van der Waals surface area contributed by atoms with Crippen LogP contribution in [0.5, 0.6) is 0 Å². The third kappa shape index (κ3) is 1.68. The standard InChI is InChI=1S/C12H9BrN4/c13-10-3-1-2-9-8(10)4-6-15-12(9)17-7-5-11(14)16-17/h1-7H,(H2,14,16). The van der Waals surface area contributed by atoms with Crippen LogP contribution in [0.3, 0.4) is 0 Å². The van der Waals surface area contributed by atoms with Crippen LogP contribution in [0.15, 0.2) is 47.2 Å². The molecule has 0 saturated heterocycles. The zero-order valence-electron chi connectivity index (χ0n) is 8.84. The number of hydrogen-bond acceptors (Lipinski definition) is 3. The van der Waals surface area contributed by atoms with Crippen molar-refractivity contribution in [2.45, 2.75) is 0 Å². The van der Waals surface area contributed by atoms with Gasteiger partial charge in [0.25, 0.3) is 0 Å². The summed E-state index contributed by atoms with van der Waals surface area (Å²) >= 11 is 3.53. The lowest BCUT2D eigenvalue weighted by Crippen LogP contribution is -2.00.